The summed E-state index contributed by atoms with van der Waals surface area (Å²) in [5, 5.41) is 5.13. The molecular weight excluding hydrogens is 405 g/mol. The number of benzene rings is 1. The van der Waals surface area contributed by atoms with Crippen LogP contribution < -0.4 is 5.56 Å². The van der Waals surface area contributed by atoms with Crippen LogP contribution in [0.15, 0.2) is 53.6 Å². The zero-order valence-electron chi connectivity index (χ0n) is 14.9. The van der Waals surface area contributed by atoms with E-state index in [9.17, 15) is 18.0 Å². The first-order valence-electron chi connectivity index (χ1n) is 9.00. The molecule has 0 bridgehead atoms. The highest BCUT2D eigenvalue weighted by atomic mass is 35.5. The predicted octanol–water partition coefficient (Wildman–Crippen LogP) is 4.53. The van der Waals surface area contributed by atoms with Gasteiger partial charge in [0.25, 0.3) is 5.56 Å². The lowest BCUT2D eigenvalue weighted by Gasteiger charge is -2.13. The molecule has 3 aromatic heterocycles. The van der Waals surface area contributed by atoms with E-state index in [-0.39, 0.29) is 17.4 Å². The Morgan fingerprint density at radius 1 is 1.14 bits per heavy atom. The van der Waals surface area contributed by atoms with E-state index in [1.807, 2.05) is 6.07 Å². The average Bonchev–Trinajstić information content (AvgIpc) is 3.32. The molecule has 0 aliphatic heterocycles. The topological polar surface area (TPSA) is 52.2 Å². The van der Waals surface area contributed by atoms with Crippen LogP contribution in [0.1, 0.15) is 29.4 Å². The largest absolute Gasteiger partial charge is 0.406 e. The Bertz CT molecular complexity index is 1310. The number of alkyl halides is 3. The lowest BCUT2D eigenvalue weighted by molar-refractivity contribution is -0.140. The predicted molar refractivity (Wildman–Crippen MR) is 102 cm³/mol. The van der Waals surface area contributed by atoms with Crippen LogP contribution >= 0.6 is 11.6 Å². The summed E-state index contributed by atoms with van der Waals surface area (Å²) in [7, 11) is 0. The van der Waals surface area contributed by atoms with Crippen LogP contribution in [-0.4, -0.2) is 25.3 Å². The van der Waals surface area contributed by atoms with Crippen molar-refractivity contribution in [3.8, 4) is 0 Å². The molecule has 1 aromatic carbocycles. The highest BCUT2D eigenvalue weighted by Crippen LogP contribution is 2.55. The molecule has 5 nitrogen and oxygen atoms in total. The van der Waals surface area contributed by atoms with Gasteiger partial charge in [-0.25, -0.2) is 9.50 Å². The second-order valence-corrected chi connectivity index (χ2v) is 7.64. The van der Waals surface area contributed by atoms with Crippen molar-refractivity contribution in [2.75, 3.05) is 0 Å². The second kappa shape index (κ2) is 6.32. The Labute approximate surface area is 167 Å². The van der Waals surface area contributed by atoms with Crippen molar-refractivity contribution in [3.05, 3.63) is 75.4 Å². The van der Waals surface area contributed by atoms with Gasteiger partial charge < -0.3 is 0 Å². The molecule has 0 N–H and O–H groups in total. The minimum atomic E-state index is -4.48. The Hall–Kier alpha value is -2.87. The zero-order valence-corrected chi connectivity index (χ0v) is 15.7. The standard InChI is InChI=1S/C20H14ClF3N4O/c21-17-9-15(19-25-5-6-28(19)26-17)14-8-13(14)12-2-1-11-3-4-18(29)27(16(11)7-12)10-20(22,23)24/h1-7,9,13-14H,8,10H2/t13-,14?/m1/s1. The molecule has 2 atom stereocenters. The van der Waals surface area contributed by atoms with Crippen molar-refractivity contribution in [1.82, 2.24) is 19.2 Å². The molecule has 0 radical (unpaired) electrons. The third kappa shape index (κ3) is 3.27. The van der Waals surface area contributed by atoms with E-state index < -0.39 is 18.3 Å². The fourth-order valence-electron chi connectivity index (χ4n) is 3.97. The molecule has 1 aliphatic rings. The van der Waals surface area contributed by atoms with Gasteiger partial charge in [-0.3, -0.25) is 9.36 Å². The number of fused-ring (bicyclic) bond motifs is 2. The quantitative estimate of drug-likeness (QED) is 0.491. The monoisotopic (exact) mass is 418 g/mol. The summed E-state index contributed by atoms with van der Waals surface area (Å²) >= 11 is 6.12. The van der Waals surface area contributed by atoms with Crippen LogP contribution in [0.25, 0.3) is 16.6 Å². The lowest BCUT2D eigenvalue weighted by atomic mass is 10.0. The fraction of sp³-hybridized carbons (Fsp3) is 0.250. The normalized spacial score (nSPS) is 19.2. The Kier molecular flexibility index (Phi) is 3.96. The molecular formula is C20H14ClF3N4O. The third-order valence-electron chi connectivity index (χ3n) is 5.33. The van der Waals surface area contributed by atoms with Crippen molar-refractivity contribution in [2.45, 2.75) is 31.0 Å². The van der Waals surface area contributed by atoms with Gasteiger partial charge in [-0.2, -0.15) is 18.3 Å². The van der Waals surface area contributed by atoms with E-state index in [1.54, 1.807) is 41.2 Å². The van der Waals surface area contributed by atoms with Gasteiger partial charge in [0.2, 0.25) is 0 Å². The molecule has 0 saturated heterocycles. The van der Waals surface area contributed by atoms with E-state index in [2.05, 4.69) is 10.1 Å². The van der Waals surface area contributed by atoms with Gasteiger partial charge in [0.1, 0.15) is 11.7 Å². The molecule has 1 fully saturated rings. The number of pyridine rings is 1. The van der Waals surface area contributed by atoms with Gasteiger partial charge in [0, 0.05) is 24.0 Å². The maximum Gasteiger partial charge on any atom is 0.406 e. The number of hydrogen-bond donors (Lipinski definition) is 0. The molecule has 3 heterocycles. The first kappa shape index (κ1) is 18.2. The Morgan fingerprint density at radius 3 is 2.72 bits per heavy atom. The number of imidazole rings is 1. The fourth-order valence-corrected chi connectivity index (χ4v) is 4.17. The van der Waals surface area contributed by atoms with Crippen LogP contribution in [0.4, 0.5) is 13.2 Å². The van der Waals surface area contributed by atoms with Gasteiger partial charge in [-0.15, -0.1) is 0 Å². The van der Waals surface area contributed by atoms with E-state index in [1.165, 1.54) is 6.07 Å². The second-order valence-electron chi connectivity index (χ2n) is 7.26. The number of hydrogen-bond acceptors (Lipinski definition) is 3. The minimum absolute atomic E-state index is 0.119. The first-order chi connectivity index (χ1) is 13.8. The molecule has 1 aliphatic carbocycles. The lowest BCUT2D eigenvalue weighted by Crippen LogP contribution is -2.27. The molecule has 148 valence electrons. The smallest absolute Gasteiger partial charge is 0.299 e. The molecule has 9 heteroatoms. The summed E-state index contributed by atoms with van der Waals surface area (Å²) in [6.45, 7) is -1.31. The molecule has 0 spiro atoms. The SMILES string of the molecule is O=c1ccc2ccc([C@H]3CC3c3cc(Cl)nn4ccnc34)cc2n1CC(F)(F)F. The van der Waals surface area contributed by atoms with Crippen molar-refractivity contribution in [3.63, 3.8) is 0 Å². The summed E-state index contributed by atoms with van der Waals surface area (Å²) in [6.07, 6.45) is -0.291. The van der Waals surface area contributed by atoms with Gasteiger partial charge >= 0.3 is 6.18 Å². The summed E-state index contributed by atoms with van der Waals surface area (Å²) in [6, 6.07) is 9.86. The van der Waals surface area contributed by atoms with Crippen LogP contribution in [0.3, 0.4) is 0 Å². The molecule has 0 amide bonds. The summed E-state index contributed by atoms with van der Waals surface area (Å²) in [4.78, 5) is 16.4. The van der Waals surface area contributed by atoms with Crippen molar-refractivity contribution >= 4 is 28.2 Å². The van der Waals surface area contributed by atoms with Crippen LogP contribution in [-0.2, 0) is 6.54 Å². The number of aromatic nitrogens is 4. The number of rotatable bonds is 3. The molecule has 5 rings (SSSR count). The van der Waals surface area contributed by atoms with Crippen molar-refractivity contribution in [1.29, 1.82) is 0 Å². The maximum absolute atomic E-state index is 13.0. The molecule has 1 unspecified atom stereocenters. The van der Waals surface area contributed by atoms with Gasteiger partial charge in [-0.1, -0.05) is 23.7 Å². The van der Waals surface area contributed by atoms with Gasteiger partial charge in [0.05, 0.1) is 5.52 Å². The summed E-state index contributed by atoms with van der Waals surface area (Å²) < 4.78 is 41.3. The molecule has 29 heavy (non-hydrogen) atoms. The molecule has 4 aromatic rings. The number of nitrogens with zero attached hydrogens (tertiary/aromatic N) is 4. The third-order valence-corrected chi connectivity index (χ3v) is 5.51. The van der Waals surface area contributed by atoms with Crippen molar-refractivity contribution in [2.24, 2.45) is 0 Å². The number of halogens is 4. The Morgan fingerprint density at radius 2 is 1.93 bits per heavy atom. The maximum atomic E-state index is 13.0. The van der Waals surface area contributed by atoms with E-state index in [4.69, 9.17) is 11.6 Å². The van der Waals surface area contributed by atoms with Gasteiger partial charge in [-0.05, 0) is 47.4 Å². The Balaban J connectivity index is 1.56. The zero-order chi connectivity index (χ0) is 20.3. The highest BCUT2D eigenvalue weighted by Gasteiger charge is 2.41. The van der Waals surface area contributed by atoms with Crippen LogP contribution in [0.2, 0.25) is 5.15 Å². The summed E-state index contributed by atoms with van der Waals surface area (Å²) in [5.74, 6) is 0.261. The van der Waals surface area contributed by atoms with Crippen LogP contribution in [0.5, 0.6) is 0 Å². The van der Waals surface area contributed by atoms with Crippen LogP contribution in [0, 0.1) is 0 Å². The first-order valence-corrected chi connectivity index (χ1v) is 9.38. The minimum Gasteiger partial charge on any atom is -0.299 e. The van der Waals surface area contributed by atoms with Crippen molar-refractivity contribution < 1.29 is 13.2 Å². The molecule has 1 saturated carbocycles. The van der Waals surface area contributed by atoms with E-state index in [0.29, 0.717) is 10.5 Å². The summed E-state index contributed by atoms with van der Waals surface area (Å²) in [5.41, 5.74) is 2.19. The van der Waals surface area contributed by atoms with E-state index >= 15 is 0 Å². The average molecular weight is 419 g/mol. The van der Waals surface area contributed by atoms with Gasteiger partial charge in [0.15, 0.2) is 5.65 Å². The van der Waals surface area contributed by atoms with E-state index in [0.717, 1.165) is 27.8 Å². The highest BCUT2D eigenvalue weighted by molar-refractivity contribution is 6.29.